The topological polar surface area (TPSA) is 0 Å². The van der Waals surface area contributed by atoms with E-state index in [1.54, 1.807) is 0 Å². The Morgan fingerprint density at radius 2 is 1.23 bits per heavy atom. The van der Waals surface area contributed by atoms with Crippen LogP contribution in [0.15, 0.2) is 54.6 Å². The van der Waals surface area contributed by atoms with E-state index in [4.69, 9.17) is 0 Å². The van der Waals surface area contributed by atoms with E-state index in [9.17, 15) is 0 Å². The Kier molecular flexibility index (Phi) is 4.92. The van der Waals surface area contributed by atoms with Gasteiger partial charge in [0.2, 0.25) is 0 Å². The number of rotatable bonds is 1. The molecule has 0 bridgehead atoms. The predicted molar refractivity (Wildman–Crippen MR) is 50.7 cm³/mol. The second-order valence-corrected chi connectivity index (χ2v) is 2.65. The molecule has 0 fully saturated rings. The van der Waals surface area contributed by atoms with Crippen molar-refractivity contribution in [3.63, 3.8) is 0 Å². The first-order valence-corrected chi connectivity index (χ1v) is 3.98. The summed E-state index contributed by atoms with van der Waals surface area (Å²) in [6.07, 6.45) is 0. The van der Waals surface area contributed by atoms with Crippen molar-refractivity contribution in [3.05, 3.63) is 60.7 Å². The average molecular weight is 192 g/mol. The summed E-state index contributed by atoms with van der Waals surface area (Å²) in [6, 6.07) is 21.3. The maximum Gasteiger partial charge on any atom is 1.00 e. The summed E-state index contributed by atoms with van der Waals surface area (Å²) in [6.45, 7) is 0. The predicted octanol–water partition coefficient (Wildman–Crippen LogP) is 0.158. The van der Waals surface area contributed by atoms with Crippen LogP contribution in [-0.4, -0.2) is 0 Å². The van der Waals surface area contributed by atoms with Crippen LogP contribution in [0.2, 0.25) is 0 Å². The Bertz CT molecular complexity index is 303. The molecule has 0 aliphatic rings. The maximum absolute atomic E-state index is 3.00. The molecule has 2 rings (SSSR count). The van der Waals surface area contributed by atoms with E-state index in [1.807, 2.05) is 30.3 Å². The normalized spacial score (nSPS) is 8.92. The van der Waals surface area contributed by atoms with E-state index in [2.05, 4.69) is 30.3 Å². The van der Waals surface area contributed by atoms with Gasteiger partial charge in [0.15, 0.2) is 0 Å². The molecule has 0 atom stereocenters. The van der Waals surface area contributed by atoms with E-state index in [0.717, 1.165) is 0 Å². The first-order chi connectivity index (χ1) is 5.97. The van der Waals surface area contributed by atoms with Gasteiger partial charge in [-0.2, -0.15) is 30.3 Å². The van der Waals surface area contributed by atoms with Gasteiger partial charge in [0.1, 0.15) is 0 Å². The molecule has 0 aliphatic heterocycles. The minimum absolute atomic E-state index is 0. The van der Waals surface area contributed by atoms with Crippen LogP contribution in [0.25, 0.3) is 11.1 Å². The second-order valence-electron chi connectivity index (χ2n) is 2.65. The van der Waals surface area contributed by atoms with Crippen molar-refractivity contribution in [2.24, 2.45) is 0 Å². The van der Waals surface area contributed by atoms with Crippen molar-refractivity contribution < 1.29 is 51.4 Å². The van der Waals surface area contributed by atoms with Crippen LogP contribution in [0, 0.1) is 6.07 Å². The second kappa shape index (κ2) is 5.73. The van der Waals surface area contributed by atoms with Crippen LogP contribution in [0.3, 0.4) is 0 Å². The summed E-state index contributed by atoms with van der Waals surface area (Å²) >= 11 is 0. The summed E-state index contributed by atoms with van der Waals surface area (Å²) in [5, 5.41) is 0. The number of hydrogen-bond donors (Lipinski definition) is 0. The van der Waals surface area contributed by atoms with Gasteiger partial charge in [-0.1, -0.05) is 30.3 Å². The quantitative estimate of drug-likeness (QED) is 0.446. The molecule has 0 aliphatic carbocycles. The molecular weight excluding hydrogens is 183 g/mol. The summed E-state index contributed by atoms with van der Waals surface area (Å²) in [4.78, 5) is 0. The van der Waals surface area contributed by atoms with Crippen LogP contribution >= 0.6 is 0 Å². The molecule has 13 heavy (non-hydrogen) atoms. The molecular formula is C12H9K. The molecule has 0 heterocycles. The Morgan fingerprint density at radius 3 is 1.85 bits per heavy atom. The fraction of sp³-hybridized carbons (Fsp3) is 0. The smallest absolute Gasteiger partial charge is 0.184 e. The summed E-state index contributed by atoms with van der Waals surface area (Å²) in [7, 11) is 0. The van der Waals surface area contributed by atoms with Crippen LogP contribution in [-0.2, 0) is 0 Å². The molecule has 58 valence electrons. The Hall–Kier alpha value is 0.0764. The zero-order chi connectivity index (χ0) is 8.23. The Morgan fingerprint density at radius 1 is 0.692 bits per heavy atom. The third kappa shape index (κ3) is 3.04. The average Bonchev–Trinajstić information content (AvgIpc) is 2.21. The van der Waals surface area contributed by atoms with Crippen molar-refractivity contribution >= 4 is 0 Å². The molecule has 2 aromatic rings. The molecule has 0 aromatic heterocycles. The maximum atomic E-state index is 3.00. The van der Waals surface area contributed by atoms with Gasteiger partial charge in [0.25, 0.3) is 0 Å². The SMILES string of the molecule is [K+].[c-]1ccc(-c2ccccc2)cc1. The molecule has 1 heteroatoms. The third-order valence-corrected chi connectivity index (χ3v) is 1.83. The van der Waals surface area contributed by atoms with Crippen molar-refractivity contribution in [1.29, 1.82) is 0 Å². The molecule has 0 amide bonds. The van der Waals surface area contributed by atoms with Crippen LogP contribution in [0.1, 0.15) is 0 Å². The molecule has 0 nitrogen and oxygen atoms in total. The van der Waals surface area contributed by atoms with Crippen molar-refractivity contribution in [3.8, 4) is 11.1 Å². The van der Waals surface area contributed by atoms with Gasteiger partial charge in [-0.05, 0) is 5.56 Å². The van der Waals surface area contributed by atoms with E-state index >= 15 is 0 Å². The minimum Gasteiger partial charge on any atom is -0.184 e. The fourth-order valence-electron chi connectivity index (χ4n) is 1.21. The molecule has 2 aromatic carbocycles. The van der Waals surface area contributed by atoms with Crippen molar-refractivity contribution in [2.45, 2.75) is 0 Å². The van der Waals surface area contributed by atoms with Crippen LogP contribution < -0.4 is 51.4 Å². The van der Waals surface area contributed by atoms with E-state index < -0.39 is 0 Å². The van der Waals surface area contributed by atoms with E-state index in [-0.39, 0.29) is 51.4 Å². The van der Waals surface area contributed by atoms with Crippen LogP contribution in [0.5, 0.6) is 0 Å². The van der Waals surface area contributed by atoms with Gasteiger partial charge >= 0.3 is 51.4 Å². The Labute approximate surface area is 121 Å². The van der Waals surface area contributed by atoms with Crippen molar-refractivity contribution in [1.82, 2.24) is 0 Å². The van der Waals surface area contributed by atoms with Gasteiger partial charge in [-0.3, -0.25) is 0 Å². The number of hydrogen-bond acceptors (Lipinski definition) is 0. The first-order valence-electron chi connectivity index (χ1n) is 3.98. The third-order valence-electron chi connectivity index (χ3n) is 1.83. The van der Waals surface area contributed by atoms with Gasteiger partial charge in [-0.25, -0.2) is 0 Å². The standard InChI is InChI=1S/C12H9.K/c1-3-7-11(8-4-1)12-9-5-2-6-10-12;/h1,3-10H;/q-1;+1. The summed E-state index contributed by atoms with van der Waals surface area (Å²) < 4.78 is 0. The van der Waals surface area contributed by atoms with Gasteiger partial charge < -0.3 is 0 Å². The fourth-order valence-corrected chi connectivity index (χ4v) is 1.21. The first kappa shape index (κ1) is 11.2. The van der Waals surface area contributed by atoms with Crippen LogP contribution in [0.4, 0.5) is 0 Å². The van der Waals surface area contributed by atoms with Gasteiger partial charge in [0, 0.05) is 0 Å². The van der Waals surface area contributed by atoms with Gasteiger partial charge in [0.05, 0.1) is 0 Å². The molecule has 0 N–H and O–H groups in total. The van der Waals surface area contributed by atoms with E-state index in [1.165, 1.54) is 11.1 Å². The summed E-state index contributed by atoms with van der Waals surface area (Å²) in [5.41, 5.74) is 2.50. The monoisotopic (exact) mass is 192 g/mol. The molecule has 0 spiro atoms. The largest absolute Gasteiger partial charge is 1.00 e. The number of benzene rings is 2. The molecule has 0 radical (unpaired) electrons. The zero-order valence-corrected chi connectivity index (χ0v) is 10.8. The van der Waals surface area contributed by atoms with E-state index in [0.29, 0.717) is 0 Å². The summed E-state index contributed by atoms with van der Waals surface area (Å²) in [5.74, 6) is 0. The molecule has 0 unspecified atom stereocenters. The molecule has 0 saturated heterocycles. The minimum atomic E-state index is 0. The Balaban J connectivity index is 0.000000845. The zero-order valence-electron chi connectivity index (χ0n) is 7.70. The van der Waals surface area contributed by atoms with Crippen molar-refractivity contribution in [2.75, 3.05) is 0 Å². The van der Waals surface area contributed by atoms with Gasteiger partial charge in [-0.15, -0.1) is 5.56 Å². The molecule has 0 saturated carbocycles.